The standard InChI is InChI=1S/C20H20F2N6OS/c1-13-26-17(12-18(27-13)28-16-8-4-5-9-23-16)24-10-11-25-19(29)14-6-2-3-7-15(14)30-20(21)22/h2-9,12,20H,10-11H2,1H3,(H,25,29)(H2,23,24,26,27,28). The normalized spacial score (nSPS) is 10.7. The van der Waals surface area contributed by atoms with Crippen molar-refractivity contribution < 1.29 is 13.6 Å². The summed E-state index contributed by atoms with van der Waals surface area (Å²) in [4.78, 5) is 25.4. The third kappa shape index (κ3) is 6.38. The van der Waals surface area contributed by atoms with Crippen LogP contribution < -0.4 is 16.0 Å². The molecule has 0 aliphatic carbocycles. The van der Waals surface area contributed by atoms with E-state index in [2.05, 4.69) is 30.9 Å². The van der Waals surface area contributed by atoms with Crippen molar-refractivity contribution in [3.8, 4) is 0 Å². The summed E-state index contributed by atoms with van der Waals surface area (Å²) in [7, 11) is 0. The van der Waals surface area contributed by atoms with Gasteiger partial charge in [-0.2, -0.15) is 8.78 Å². The first kappa shape index (κ1) is 21.4. The van der Waals surface area contributed by atoms with Gasteiger partial charge in [0, 0.05) is 30.2 Å². The molecule has 0 aliphatic rings. The van der Waals surface area contributed by atoms with E-state index in [0.29, 0.717) is 48.1 Å². The molecule has 0 bridgehead atoms. The Morgan fingerprint density at radius 2 is 1.80 bits per heavy atom. The van der Waals surface area contributed by atoms with Crippen LogP contribution in [-0.2, 0) is 0 Å². The van der Waals surface area contributed by atoms with E-state index in [4.69, 9.17) is 0 Å². The number of alkyl halides is 2. The smallest absolute Gasteiger partial charge is 0.288 e. The molecule has 0 fully saturated rings. The summed E-state index contributed by atoms with van der Waals surface area (Å²) in [6.07, 6.45) is 1.68. The minimum Gasteiger partial charge on any atom is -0.368 e. The molecule has 0 saturated carbocycles. The first-order valence-electron chi connectivity index (χ1n) is 9.11. The quantitative estimate of drug-likeness (QED) is 0.348. The number of anilines is 3. The van der Waals surface area contributed by atoms with Gasteiger partial charge >= 0.3 is 0 Å². The van der Waals surface area contributed by atoms with E-state index >= 15 is 0 Å². The minimum absolute atomic E-state index is 0.225. The number of hydrogen-bond donors (Lipinski definition) is 3. The molecule has 1 amide bonds. The highest BCUT2D eigenvalue weighted by atomic mass is 32.2. The Balaban J connectivity index is 1.54. The van der Waals surface area contributed by atoms with Crippen LogP contribution in [0.5, 0.6) is 0 Å². The molecule has 0 aliphatic heterocycles. The van der Waals surface area contributed by atoms with Crippen LogP contribution >= 0.6 is 11.8 Å². The molecule has 2 aromatic heterocycles. The molecule has 0 unspecified atom stereocenters. The number of amides is 1. The SMILES string of the molecule is Cc1nc(NCCNC(=O)c2ccccc2SC(F)F)cc(Nc2ccccn2)n1. The summed E-state index contributed by atoms with van der Waals surface area (Å²) in [5.74, 6) is -0.587. The van der Waals surface area contributed by atoms with Crippen molar-refractivity contribution in [1.82, 2.24) is 20.3 Å². The van der Waals surface area contributed by atoms with Crippen LogP contribution in [0.4, 0.5) is 26.2 Å². The van der Waals surface area contributed by atoms with Gasteiger partial charge in [-0.05, 0) is 31.2 Å². The average Bonchev–Trinajstić information content (AvgIpc) is 2.71. The van der Waals surface area contributed by atoms with E-state index < -0.39 is 11.7 Å². The maximum atomic E-state index is 12.7. The molecule has 7 nitrogen and oxygen atoms in total. The summed E-state index contributed by atoms with van der Waals surface area (Å²) in [5, 5.41) is 8.94. The van der Waals surface area contributed by atoms with Crippen LogP contribution in [0.1, 0.15) is 16.2 Å². The molecule has 3 aromatic rings. The van der Waals surface area contributed by atoms with Crippen LogP contribution in [-0.4, -0.2) is 39.7 Å². The number of thioether (sulfide) groups is 1. The number of carbonyl (C=O) groups excluding carboxylic acids is 1. The number of halogens is 2. The number of benzene rings is 1. The highest BCUT2D eigenvalue weighted by molar-refractivity contribution is 7.99. The zero-order valence-corrected chi connectivity index (χ0v) is 16.9. The summed E-state index contributed by atoms with van der Waals surface area (Å²) in [5.41, 5.74) is 0.225. The number of carbonyl (C=O) groups is 1. The third-order valence-corrected chi connectivity index (χ3v) is 4.61. The van der Waals surface area contributed by atoms with Gasteiger partial charge in [-0.15, -0.1) is 0 Å². The van der Waals surface area contributed by atoms with Crippen molar-refractivity contribution in [3.63, 3.8) is 0 Å². The predicted octanol–water partition coefficient (Wildman–Crippen LogP) is 4.08. The molecule has 156 valence electrons. The van der Waals surface area contributed by atoms with Gasteiger partial charge in [-0.1, -0.05) is 30.0 Å². The topological polar surface area (TPSA) is 91.8 Å². The van der Waals surface area contributed by atoms with Crippen molar-refractivity contribution in [3.05, 3.63) is 66.1 Å². The number of rotatable bonds is 9. The van der Waals surface area contributed by atoms with Gasteiger partial charge in [0.25, 0.3) is 11.7 Å². The van der Waals surface area contributed by atoms with Crippen molar-refractivity contribution in [2.45, 2.75) is 17.6 Å². The van der Waals surface area contributed by atoms with Gasteiger partial charge in [0.2, 0.25) is 0 Å². The number of hydrogen-bond acceptors (Lipinski definition) is 7. The van der Waals surface area contributed by atoms with E-state index in [1.807, 2.05) is 18.2 Å². The van der Waals surface area contributed by atoms with Crippen LogP contribution in [0.3, 0.4) is 0 Å². The molecule has 0 saturated heterocycles. The zero-order valence-electron chi connectivity index (χ0n) is 16.1. The molecule has 2 heterocycles. The largest absolute Gasteiger partial charge is 0.368 e. The minimum atomic E-state index is -2.59. The van der Waals surface area contributed by atoms with Crippen LogP contribution in [0, 0.1) is 6.92 Å². The highest BCUT2D eigenvalue weighted by Crippen LogP contribution is 2.28. The van der Waals surface area contributed by atoms with Crippen LogP contribution in [0.2, 0.25) is 0 Å². The lowest BCUT2D eigenvalue weighted by Gasteiger charge is -2.11. The van der Waals surface area contributed by atoms with Gasteiger partial charge in [-0.25, -0.2) is 15.0 Å². The molecular weight excluding hydrogens is 410 g/mol. The summed E-state index contributed by atoms with van der Waals surface area (Å²) in [6, 6.07) is 13.5. The molecule has 0 radical (unpaired) electrons. The second-order valence-electron chi connectivity index (χ2n) is 6.08. The molecular formula is C20H20F2N6OS. The number of nitrogens with zero attached hydrogens (tertiary/aromatic N) is 3. The van der Waals surface area contributed by atoms with Crippen molar-refractivity contribution in [1.29, 1.82) is 0 Å². The summed E-state index contributed by atoms with van der Waals surface area (Å²) < 4.78 is 25.3. The fourth-order valence-electron chi connectivity index (χ4n) is 2.61. The Kier molecular flexibility index (Phi) is 7.50. The van der Waals surface area contributed by atoms with E-state index in [-0.39, 0.29) is 10.5 Å². The molecule has 1 aromatic carbocycles. The fraction of sp³-hybridized carbons (Fsp3) is 0.200. The Hall–Kier alpha value is -3.27. The number of aromatic nitrogens is 3. The zero-order chi connectivity index (χ0) is 21.3. The summed E-state index contributed by atoms with van der Waals surface area (Å²) in [6.45, 7) is 2.46. The predicted molar refractivity (Wildman–Crippen MR) is 113 cm³/mol. The summed E-state index contributed by atoms with van der Waals surface area (Å²) >= 11 is 0.354. The van der Waals surface area contributed by atoms with E-state index in [0.717, 1.165) is 0 Å². The second kappa shape index (κ2) is 10.5. The highest BCUT2D eigenvalue weighted by Gasteiger charge is 2.14. The average molecular weight is 430 g/mol. The Morgan fingerprint density at radius 1 is 1.03 bits per heavy atom. The van der Waals surface area contributed by atoms with Crippen LogP contribution in [0.15, 0.2) is 59.6 Å². The molecule has 0 spiro atoms. The van der Waals surface area contributed by atoms with Gasteiger partial charge in [0.05, 0.1) is 5.56 Å². The second-order valence-corrected chi connectivity index (χ2v) is 7.11. The van der Waals surface area contributed by atoms with E-state index in [9.17, 15) is 13.6 Å². The number of aryl methyl sites for hydroxylation is 1. The molecule has 30 heavy (non-hydrogen) atoms. The Labute approximate surface area is 176 Å². The van der Waals surface area contributed by atoms with Gasteiger partial charge in [-0.3, -0.25) is 4.79 Å². The first-order chi connectivity index (χ1) is 14.5. The van der Waals surface area contributed by atoms with Crippen molar-refractivity contribution >= 4 is 35.1 Å². The molecule has 3 rings (SSSR count). The lowest BCUT2D eigenvalue weighted by Crippen LogP contribution is -2.29. The van der Waals surface area contributed by atoms with E-state index in [1.165, 1.54) is 12.1 Å². The van der Waals surface area contributed by atoms with Crippen molar-refractivity contribution in [2.75, 3.05) is 23.7 Å². The lowest BCUT2D eigenvalue weighted by molar-refractivity contribution is 0.0952. The molecule has 0 atom stereocenters. The van der Waals surface area contributed by atoms with E-state index in [1.54, 1.807) is 31.3 Å². The van der Waals surface area contributed by atoms with Crippen molar-refractivity contribution in [2.24, 2.45) is 0 Å². The van der Waals surface area contributed by atoms with Crippen LogP contribution in [0.25, 0.3) is 0 Å². The molecule has 3 N–H and O–H groups in total. The van der Waals surface area contributed by atoms with Gasteiger partial charge in [0.15, 0.2) is 0 Å². The first-order valence-corrected chi connectivity index (χ1v) is 9.99. The fourth-order valence-corrected chi connectivity index (χ4v) is 3.24. The molecule has 10 heteroatoms. The Morgan fingerprint density at radius 3 is 2.57 bits per heavy atom. The maximum absolute atomic E-state index is 12.7. The monoisotopic (exact) mass is 430 g/mol. The maximum Gasteiger partial charge on any atom is 0.288 e. The number of pyridine rings is 1. The van der Waals surface area contributed by atoms with Gasteiger partial charge in [0.1, 0.15) is 23.3 Å². The third-order valence-electron chi connectivity index (χ3n) is 3.82. The van der Waals surface area contributed by atoms with Gasteiger partial charge < -0.3 is 16.0 Å². The lowest BCUT2D eigenvalue weighted by atomic mass is 10.2. The number of nitrogens with one attached hydrogen (secondary N) is 3. The Bertz CT molecular complexity index is 990.